The van der Waals surface area contributed by atoms with E-state index < -0.39 is 52.4 Å². The summed E-state index contributed by atoms with van der Waals surface area (Å²) in [5.41, 5.74) is 1.69. The molecule has 7 N–H and O–H groups in total. The predicted molar refractivity (Wildman–Crippen MR) is 444 cm³/mol. The second-order valence-electron chi connectivity index (χ2n) is 26.1. The lowest BCUT2D eigenvalue weighted by atomic mass is 9.95. The van der Waals surface area contributed by atoms with Crippen LogP contribution >= 0.6 is 91.6 Å². The Labute approximate surface area is 722 Å². The van der Waals surface area contributed by atoms with Crippen molar-refractivity contribution in [1.29, 1.82) is 0 Å². The number of nitrogens with one attached hydrogen (secondary N) is 6. The number of furan rings is 2. The third kappa shape index (κ3) is 19.5. The molecule has 3 saturated heterocycles. The number of hydrogen-bond acceptors (Lipinski definition) is 25. The normalized spacial score (nSPS) is 17.6. The molecule has 0 radical (unpaired) electrons. The summed E-state index contributed by atoms with van der Waals surface area (Å²) in [6, 6.07) is 30.9. The van der Waals surface area contributed by atoms with Crippen LogP contribution in [-0.4, -0.2) is 178 Å². The molecule has 14 heterocycles. The van der Waals surface area contributed by atoms with Gasteiger partial charge in [-0.15, -0.1) is 6.42 Å². The number of rotatable bonds is 18. The summed E-state index contributed by atoms with van der Waals surface area (Å²) < 4.78 is 48.7. The highest BCUT2D eigenvalue weighted by molar-refractivity contribution is 14.1. The first kappa shape index (κ1) is 86.1. The number of aromatic nitrogens is 6. The minimum Gasteiger partial charge on any atom is -0.505 e. The number of fused-ring (bicyclic) bond motifs is 5. The minimum atomic E-state index is -1.59. The number of carbonyl (C=O) groups excluding carboxylic acids is 9. The SMILES string of the molecule is C#C[C@]1(CN2Cc3ccc(OC)cc3C2=O)NC(=O)NC1=O.COCOc1ccc(Cl)nc1.COCOc1cnc(Cl)cc1I.COc1ccc2c(c1)C(=O)N(C[C@@]1(c3cc4cc(-c5ccncc5)ncc4o3)NC(=O)NC1=O)C2.COc1ccc2c(c1)C(=O)N(C[C@@]1(c3cc4cc(Cl)ncc4o3)NC(=O)NC1=O)C2.Oc1cnc(Cl)cc1I. The second-order valence-corrected chi connectivity index (χ2v) is 29.9. The third-order valence-electron chi connectivity index (χ3n) is 18.5. The first-order valence-electron chi connectivity index (χ1n) is 34.9. The second kappa shape index (κ2) is 37.6. The molecule has 0 saturated carbocycles. The van der Waals surface area contributed by atoms with Crippen LogP contribution in [0.4, 0.5) is 14.4 Å². The maximum atomic E-state index is 13.2. The van der Waals surface area contributed by atoms with Crippen molar-refractivity contribution < 1.29 is 90.2 Å². The van der Waals surface area contributed by atoms with Crippen LogP contribution in [0, 0.1) is 19.5 Å². The maximum Gasteiger partial charge on any atom is 0.323 e. The molecule has 17 rings (SSSR count). The van der Waals surface area contributed by atoms with Gasteiger partial charge in [-0.25, -0.2) is 34.3 Å². The Morgan fingerprint density at radius 3 is 1.35 bits per heavy atom. The predicted octanol–water partition coefficient (Wildman–Crippen LogP) is 10.7. The fourth-order valence-corrected chi connectivity index (χ4v) is 14.7. The van der Waals surface area contributed by atoms with E-state index in [0.29, 0.717) is 98.6 Å². The maximum absolute atomic E-state index is 13.2. The van der Waals surface area contributed by atoms with Gasteiger partial charge in [-0.05, 0) is 159 Å². The number of aromatic hydroxyl groups is 1. The number of halogens is 6. The molecule has 11 aromatic rings. The van der Waals surface area contributed by atoms with Crippen LogP contribution in [0.15, 0.2) is 167 Å². The van der Waals surface area contributed by atoms with Gasteiger partial charge in [-0.3, -0.25) is 54.7 Å². The smallest absolute Gasteiger partial charge is 0.323 e. The van der Waals surface area contributed by atoms with E-state index >= 15 is 0 Å². The van der Waals surface area contributed by atoms with Crippen LogP contribution in [-0.2, 0) is 54.6 Å². The van der Waals surface area contributed by atoms with Gasteiger partial charge >= 0.3 is 18.1 Å². The minimum absolute atomic E-state index is 0.0864. The topological polar surface area (TPSA) is 424 Å². The Hall–Kier alpha value is -12.2. The molecule has 0 bridgehead atoms. The molecular formula is C79H65Cl4I2N15O19. The Morgan fingerprint density at radius 2 is 0.916 bits per heavy atom. The Kier molecular flexibility index (Phi) is 27.2. The van der Waals surface area contributed by atoms with Crippen LogP contribution in [0.1, 0.15) is 59.3 Å². The molecule has 8 aromatic heterocycles. The van der Waals surface area contributed by atoms with Gasteiger partial charge in [0.15, 0.2) is 47.1 Å². The highest BCUT2D eigenvalue weighted by Crippen LogP contribution is 2.39. The lowest BCUT2D eigenvalue weighted by Crippen LogP contribution is -2.54. The van der Waals surface area contributed by atoms with E-state index in [9.17, 15) is 43.2 Å². The lowest BCUT2D eigenvalue weighted by molar-refractivity contribution is -0.126. The fourth-order valence-electron chi connectivity index (χ4n) is 12.7. The fraction of sp³-hybridized carbons (Fsp3) is 0.203. The van der Waals surface area contributed by atoms with Crippen molar-refractivity contribution in [3.05, 3.63) is 231 Å². The number of benzene rings is 3. The lowest BCUT2D eigenvalue weighted by Gasteiger charge is -2.29. The van der Waals surface area contributed by atoms with E-state index in [2.05, 4.69) is 90.3 Å². The summed E-state index contributed by atoms with van der Waals surface area (Å²) in [6.45, 7) is 1.05. The highest BCUT2D eigenvalue weighted by Gasteiger charge is 2.55. The molecule has 3 aromatic carbocycles. The van der Waals surface area contributed by atoms with Gasteiger partial charge in [0, 0.05) is 79.3 Å². The van der Waals surface area contributed by atoms with Crippen molar-refractivity contribution in [2.24, 2.45) is 0 Å². The molecule has 3 fully saturated rings. The van der Waals surface area contributed by atoms with Gasteiger partial charge in [-0.2, -0.15) is 0 Å². The molecule has 3 atom stereocenters. The van der Waals surface area contributed by atoms with E-state index in [1.54, 1.807) is 136 Å². The zero-order chi connectivity index (χ0) is 85.0. The standard InChI is InChI=1S/C25H19N5O5.C20H15ClN4O5.C15H13N3O4.C7H7ClINO2.C7H8ClNO2.C5H3ClINO/c1-34-17-3-2-15-12-30(22(31)18(15)10-17)13-25(23(32)28-24(33)29-25)21-9-16-8-19(27-11-20(16)35-21)14-4-6-26-7-5-14;1-29-12-3-2-10-8-25(17(26)13(10)6-12)9-20(18(27)23-19(28)24-20)15-4-11-5-16(21)22-7-14(11)30-15;1-3-15(13(20)16-14(21)17-15)8-18-7-9-4-5-10(22-2)6-11(9)12(18)19;1-11-4-12-6-3-10-7(8)2-5(6)9;1-10-5-11-6-2-3-7(8)9-4-6;6-5-1-3(7)4(9)2-8-5/h2-11H,12-13H2,1H3,(H2,28,29,32,33);2-7H,8-9H2,1H3,(H2,23,24,27,28);1,4-6H,7-8H2,2H3,(H2,16,17,20,21);2-3H,4H2,1H3;2-4H,5H2,1H3;1-2,9H/t25-;20-;15-;;;/m001.../s1. The monoisotopic (exact) mass is 1920 g/mol. The average molecular weight is 1920 g/mol. The number of terminal acetylenes is 1. The molecule has 6 aliphatic heterocycles. The summed E-state index contributed by atoms with van der Waals surface area (Å²) in [7, 11) is 7.70. The van der Waals surface area contributed by atoms with Gasteiger partial charge in [0.1, 0.15) is 60.9 Å². The molecule has 12 amide bonds. The number of urea groups is 3. The number of pyridine rings is 6. The number of ether oxygens (including phenoxy) is 7. The van der Waals surface area contributed by atoms with Crippen LogP contribution < -0.4 is 55.6 Å². The summed E-state index contributed by atoms with van der Waals surface area (Å²) in [5.74, 6) is 3.30. The van der Waals surface area contributed by atoms with Gasteiger partial charge in [0.25, 0.3) is 35.4 Å². The van der Waals surface area contributed by atoms with E-state index in [-0.39, 0.29) is 86.5 Å². The number of carbonyl (C=O) groups is 9. The number of imide groups is 3. The quantitative estimate of drug-likeness (QED) is 0.0138. The van der Waals surface area contributed by atoms with Gasteiger partial charge in [0.05, 0.1) is 84.8 Å². The van der Waals surface area contributed by atoms with Crippen LogP contribution in [0.25, 0.3) is 33.2 Å². The van der Waals surface area contributed by atoms with Crippen LogP contribution in [0.3, 0.4) is 0 Å². The summed E-state index contributed by atoms with van der Waals surface area (Å²) in [4.78, 5) is 140. The van der Waals surface area contributed by atoms with Gasteiger partial charge in [-0.1, -0.05) is 70.5 Å². The number of amides is 12. The number of methoxy groups -OCH3 is 5. The molecule has 0 unspecified atom stereocenters. The van der Waals surface area contributed by atoms with Crippen molar-refractivity contribution >= 4 is 167 Å². The zero-order valence-corrected chi connectivity index (χ0v) is 70.2. The Bertz CT molecular complexity index is 5830. The molecule has 119 heavy (non-hydrogen) atoms. The molecular weight excluding hydrogens is 1860 g/mol. The first-order chi connectivity index (χ1) is 57.1. The summed E-state index contributed by atoms with van der Waals surface area (Å²) in [5, 5.41) is 26.2. The van der Waals surface area contributed by atoms with E-state index in [1.165, 1.54) is 48.4 Å². The molecule has 0 spiro atoms. The van der Waals surface area contributed by atoms with Gasteiger partial charge in [0.2, 0.25) is 0 Å². The highest BCUT2D eigenvalue weighted by atomic mass is 127. The molecule has 6 aliphatic rings. The summed E-state index contributed by atoms with van der Waals surface area (Å²) >= 11 is 26.7. The summed E-state index contributed by atoms with van der Waals surface area (Å²) in [6.07, 6.45) is 16.2. The van der Waals surface area contributed by atoms with Crippen molar-refractivity contribution in [2.75, 3.05) is 68.8 Å². The third-order valence-corrected chi connectivity index (χ3v) is 21.0. The van der Waals surface area contributed by atoms with Crippen LogP contribution in [0.2, 0.25) is 20.6 Å². The molecule has 612 valence electrons. The molecule has 0 aliphatic carbocycles. The van der Waals surface area contributed by atoms with Crippen molar-refractivity contribution in [3.8, 4) is 58.1 Å². The first-order valence-corrected chi connectivity index (χ1v) is 38.6. The van der Waals surface area contributed by atoms with E-state index in [1.807, 2.05) is 46.9 Å². The average Bonchev–Trinajstić information content (AvgIpc) is 1.59. The number of hydrogen-bond donors (Lipinski definition) is 7. The van der Waals surface area contributed by atoms with Crippen molar-refractivity contribution in [1.82, 2.24) is 76.5 Å². The van der Waals surface area contributed by atoms with Crippen molar-refractivity contribution in [2.45, 2.75) is 36.3 Å². The van der Waals surface area contributed by atoms with Crippen molar-refractivity contribution in [3.63, 3.8) is 0 Å². The Morgan fingerprint density at radius 1 is 0.479 bits per heavy atom. The van der Waals surface area contributed by atoms with Crippen LogP contribution in [0.5, 0.6) is 34.5 Å². The molecule has 40 heteroatoms. The molecule has 34 nitrogen and oxygen atoms in total. The zero-order valence-electron chi connectivity index (χ0n) is 62.8. The van der Waals surface area contributed by atoms with E-state index in [0.717, 1.165) is 25.8 Å². The largest absolute Gasteiger partial charge is 0.505 e. The Balaban J connectivity index is 0.000000140. The number of nitrogens with zero attached hydrogens (tertiary/aromatic N) is 9. The van der Waals surface area contributed by atoms with E-state index in [4.69, 9.17) is 99.9 Å². The van der Waals surface area contributed by atoms with Gasteiger partial charge < -0.3 is 77.7 Å².